The number of nitrogens with zero attached hydrogens (tertiary/aromatic N) is 1. The highest BCUT2D eigenvalue weighted by Gasteiger charge is 2.16. The Labute approximate surface area is 84.7 Å². The molecule has 1 rings (SSSR count). The predicted octanol–water partition coefficient (Wildman–Crippen LogP) is 2.73. The lowest BCUT2D eigenvalue weighted by atomic mass is 10.2. The first-order valence-corrected chi connectivity index (χ1v) is 4.82. The van der Waals surface area contributed by atoms with Crippen LogP contribution in [0.15, 0.2) is 0 Å². The van der Waals surface area contributed by atoms with Gasteiger partial charge < -0.3 is 4.74 Å². The van der Waals surface area contributed by atoms with Crippen LogP contribution in [0.4, 0.5) is 4.79 Å². The van der Waals surface area contributed by atoms with Gasteiger partial charge in [0.15, 0.2) is 0 Å². The number of hydrogen-bond acceptors (Lipinski definition) is 2. The molecule has 0 unspecified atom stereocenters. The van der Waals surface area contributed by atoms with E-state index in [0.29, 0.717) is 6.61 Å². The minimum atomic E-state index is -0.279. The van der Waals surface area contributed by atoms with Gasteiger partial charge in [-0.15, -0.1) is 0 Å². The second-order valence-corrected chi connectivity index (χ2v) is 3.46. The molecule has 0 N–H and O–H groups in total. The molecule has 14 heavy (non-hydrogen) atoms. The van der Waals surface area contributed by atoms with E-state index < -0.39 is 0 Å². The van der Waals surface area contributed by atoms with E-state index in [0.717, 1.165) is 22.5 Å². The Kier molecular flexibility index (Phi) is 2.99. The van der Waals surface area contributed by atoms with E-state index >= 15 is 0 Å². The van der Waals surface area contributed by atoms with E-state index in [9.17, 15) is 4.79 Å². The van der Waals surface area contributed by atoms with Gasteiger partial charge in [-0.05, 0) is 45.7 Å². The van der Waals surface area contributed by atoms with Crippen LogP contribution in [0, 0.1) is 27.7 Å². The maximum atomic E-state index is 11.6. The van der Waals surface area contributed by atoms with Crippen molar-refractivity contribution in [1.82, 2.24) is 4.57 Å². The Balaban J connectivity index is 3.21. The van der Waals surface area contributed by atoms with E-state index in [4.69, 9.17) is 4.74 Å². The largest absolute Gasteiger partial charge is 0.449 e. The second-order valence-electron chi connectivity index (χ2n) is 3.46. The number of carbonyl (C=O) groups excluding carboxylic acids is 1. The summed E-state index contributed by atoms with van der Waals surface area (Å²) in [5, 5.41) is 0. The Morgan fingerprint density at radius 3 is 1.93 bits per heavy atom. The van der Waals surface area contributed by atoms with Crippen molar-refractivity contribution < 1.29 is 9.53 Å². The van der Waals surface area contributed by atoms with Gasteiger partial charge in [-0.3, -0.25) is 4.57 Å². The SMILES string of the molecule is CCOC(=O)n1c(C)c(C)c(C)c1C. The zero-order chi connectivity index (χ0) is 10.9. The molecule has 0 aromatic carbocycles. The summed E-state index contributed by atoms with van der Waals surface area (Å²) in [6.45, 7) is 10.1. The normalized spacial score (nSPS) is 10.4. The fourth-order valence-corrected chi connectivity index (χ4v) is 1.59. The van der Waals surface area contributed by atoms with Gasteiger partial charge in [0.1, 0.15) is 0 Å². The van der Waals surface area contributed by atoms with Crippen LogP contribution in [0.3, 0.4) is 0 Å². The summed E-state index contributed by atoms with van der Waals surface area (Å²) in [7, 11) is 0. The predicted molar refractivity (Wildman–Crippen MR) is 55.8 cm³/mol. The van der Waals surface area contributed by atoms with E-state index in [1.807, 2.05) is 34.6 Å². The van der Waals surface area contributed by atoms with Crippen molar-refractivity contribution in [2.75, 3.05) is 6.61 Å². The van der Waals surface area contributed by atoms with Gasteiger partial charge in [0.2, 0.25) is 0 Å². The highest BCUT2D eigenvalue weighted by molar-refractivity contribution is 5.74. The van der Waals surface area contributed by atoms with Crippen LogP contribution in [-0.2, 0) is 4.74 Å². The number of rotatable bonds is 1. The zero-order valence-electron chi connectivity index (χ0n) is 9.47. The first-order valence-electron chi connectivity index (χ1n) is 4.82. The Morgan fingerprint density at radius 2 is 1.57 bits per heavy atom. The minimum Gasteiger partial charge on any atom is -0.449 e. The van der Waals surface area contributed by atoms with Crippen molar-refractivity contribution in [3.8, 4) is 0 Å². The molecule has 1 aromatic heterocycles. The average Bonchev–Trinajstić information content (AvgIpc) is 2.32. The molecule has 3 nitrogen and oxygen atoms in total. The van der Waals surface area contributed by atoms with Gasteiger partial charge in [-0.25, -0.2) is 4.79 Å². The molecular formula is C11H17NO2. The Hall–Kier alpha value is -1.25. The van der Waals surface area contributed by atoms with Gasteiger partial charge in [0.25, 0.3) is 0 Å². The molecular weight excluding hydrogens is 178 g/mol. The molecule has 78 valence electrons. The smallest absolute Gasteiger partial charge is 0.418 e. The fraction of sp³-hybridized carbons (Fsp3) is 0.545. The molecule has 3 heteroatoms. The fourth-order valence-electron chi connectivity index (χ4n) is 1.59. The van der Waals surface area contributed by atoms with E-state index in [1.54, 1.807) is 4.57 Å². The van der Waals surface area contributed by atoms with E-state index in [2.05, 4.69) is 0 Å². The highest BCUT2D eigenvalue weighted by atomic mass is 16.5. The average molecular weight is 195 g/mol. The number of carbonyl (C=O) groups is 1. The van der Waals surface area contributed by atoms with Crippen LogP contribution in [-0.4, -0.2) is 17.3 Å². The lowest BCUT2D eigenvalue weighted by molar-refractivity contribution is 0.153. The van der Waals surface area contributed by atoms with Crippen LogP contribution in [0.1, 0.15) is 29.4 Å². The monoisotopic (exact) mass is 195 g/mol. The van der Waals surface area contributed by atoms with Crippen molar-refractivity contribution >= 4 is 6.09 Å². The van der Waals surface area contributed by atoms with Gasteiger partial charge in [0, 0.05) is 11.4 Å². The summed E-state index contributed by atoms with van der Waals surface area (Å²) < 4.78 is 6.62. The van der Waals surface area contributed by atoms with Crippen LogP contribution < -0.4 is 0 Å². The lowest BCUT2D eigenvalue weighted by Crippen LogP contribution is -2.16. The van der Waals surface area contributed by atoms with Gasteiger partial charge >= 0.3 is 6.09 Å². The van der Waals surface area contributed by atoms with Crippen molar-refractivity contribution in [3.05, 3.63) is 22.5 Å². The van der Waals surface area contributed by atoms with Crippen LogP contribution in [0.25, 0.3) is 0 Å². The minimum absolute atomic E-state index is 0.279. The molecule has 1 aromatic rings. The standard InChI is InChI=1S/C11H17NO2/c1-6-14-11(13)12-9(4)7(2)8(3)10(12)5/h6H2,1-5H3. The molecule has 0 aliphatic carbocycles. The van der Waals surface area contributed by atoms with E-state index in [-0.39, 0.29) is 6.09 Å². The third-order valence-electron chi connectivity index (χ3n) is 2.77. The molecule has 0 fully saturated rings. The lowest BCUT2D eigenvalue weighted by Gasteiger charge is -2.07. The molecule has 0 aliphatic heterocycles. The molecule has 0 bridgehead atoms. The summed E-state index contributed by atoms with van der Waals surface area (Å²) in [6.07, 6.45) is -0.279. The first-order chi connectivity index (χ1) is 6.50. The first kappa shape index (κ1) is 10.8. The second kappa shape index (κ2) is 3.86. The molecule has 0 aliphatic rings. The Morgan fingerprint density at radius 1 is 1.14 bits per heavy atom. The molecule has 0 saturated heterocycles. The number of ether oxygens (including phenoxy) is 1. The van der Waals surface area contributed by atoms with Gasteiger partial charge in [-0.2, -0.15) is 0 Å². The molecule has 0 atom stereocenters. The quantitative estimate of drug-likeness (QED) is 0.690. The summed E-state index contributed by atoms with van der Waals surface area (Å²) in [5.41, 5.74) is 4.27. The van der Waals surface area contributed by atoms with Crippen molar-refractivity contribution in [2.24, 2.45) is 0 Å². The molecule has 0 radical (unpaired) electrons. The molecule has 0 saturated carbocycles. The van der Waals surface area contributed by atoms with Gasteiger partial charge in [-0.1, -0.05) is 0 Å². The molecule has 0 amide bonds. The van der Waals surface area contributed by atoms with Crippen molar-refractivity contribution in [3.63, 3.8) is 0 Å². The summed E-state index contributed by atoms with van der Waals surface area (Å²) in [5.74, 6) is 0. The Bertz CT molecular complexity index is 338. The molecule has 1 heterocycles. The van der Waals surface area contributed by atoms with Crippen LogP contribution >= 0.6 is 0 Å². The number of aromatic nitrogens is 1. The summed E-state index contributed by atoms with van der Waals surface area (Å²) >= 11 is 0. The van der Waals surface area contributed by atoms with Crippen molar-refractivity contribution in [1.29, 1.82) is 0 Å². The van der Waals surface area contributed by atoms with Crippen LogP contribution in [0.5, 0.6) is 0 Å². The third-order valence-corrected chi connectivity index (χ3v) is 2.77. The summed E-state index contributed by atoms with van der Waals surface area (Å²) in [4.78, 5) is 11.6. The topological polar surface area (TPSA) is 31.2 Å². The highest BCUT2D eigenvalue weighted by Crippen LogP contribution is 2.20. The summed E-state index contributed by atoms with van der Waals surface area (Å²) in [6, 6.07) is 0. The molecule has 0 spiro atoms. The maximum Gasteiger partial charge on any atom is 0.418 e. The van der Waals surface area contributed by atoms with Crippen LogP contribution in [0.2, 0.25) is 0 Å². The van der Waals surface area contributed by atoms with Crippen molar-refractivity contribution in [2.45, 2.75) is 34.6 Å². The maximum absolute atomic E-state index is 11.6. The zero-order valence-corrected chi connectivity index (χ0v) is 9.47. The number of hydrogen-bond donors (Lipinski definition) is 0. The van der Waals surface area contributed by atoms with E-state index in [1.165, 1.54) is 0 Å². The third kappa shape index (κ3) is 1.54. The van der Waals surface area contributed by atoms with Gasteiger partial charge in [0.05, 0.1) is 6.61 Å².